The van der Waals surface area contributed by atoms with E-state index in [9.17, 15) is 9.59 Å². The highest BCUT2D eigenvalue weighted by molar-refractivity contribution is 8.02. The van der Waals surface area contributed by atoms with E-state index in [2.05, 4.69) is 21.5 Å². The maximum Gasteiger partial charge on any atom is 0.346 e. The molecule has 0 saturated carbocycles. The van der Waals surface area contributed by atoms with Gasteiger partial charge in [-0.05, 0) is 23.8 Å². The number of H-pyrrole nitrogens is 1. The molecule has 1 aliphatic rings. The topological polar surface area (TPSA) is 83.0 Å². The predicted octanol–water partition coefficient (Wildman–Crippen LogP) is 2.41. The molecule has 2 N–H and O–H groups in total. The van der Waals surface area contributed by atoms with Crippen LogP contribution in [0.15, 0.2) is 16.3 Å². The maximum atomic E-state index is 12.1. The zero-order chi connectivity index (χ0) is 14.3. The van der Waals surface area contributed by atoms with E-state index < -0.39 is 5.97 Å². The van der Waals surface area contributed by atoms with Gasteiger partial charge in [0.2, 0.25) is 0 Å². The monoisotopic (exact) mass is 308 g/mol. The third-order valence-electron chi connectivity index (χ3n) is 3.26. The van der Waals surface area contributed by atoms with Crippen LogP contribution in [0, 0.1) is 12.8 Å². The average Bonchev–Trinajstić information content (AvgIpc) is 2.97. The third kappa shape index (κ3) is 2.27. The Morgan fingerprint density at radius 3 is 3.05 bits per heavy atom. The number of carboxylic acid groups (broad SMARTS) is 1. The fraction of sp³-hybridized carbons (Fsp3) is 0.308. The number of aryl methyl sites for hydroxylation is 1. The van der Waals surface area contributed by atoms with E-state index in [1.807, 2.05) is 0 Å². The van der Waals surface area contributed by atoms with Crippen molar-refractivity contribution in [3.63, 3.8) is 0 Å². The number of nitrogens with zero attached hydrogens (tertiary/aromatic N) is 1. The van der Waals surface area contributed by atoms with Crippen molar-refractivity contribution in [1.82, 2.24) is 9.97 Å². The molecule has 1 aliphatic heterocycles. The molecular weight excluding hydrogens is 296 g/mol. The van der Waals surface area contributed by atoms with Crippen molar-refractivity contribution in [3.8, 4) is 0 Å². The van der Waals surface area contributed by atoms with Crippen molar-refractivity contribution >= 4 is 39.3 Å². The lowest BCUT2D eigenvalue weighted by molar-refractivity contribution is 0.0701. The number of aromatic amines is 1. The smallest absolute Gasteiger partial charge is 0.346 e. The van der Waals surface area contributed by atoms with E-state index in [4.69, 9.17) is 5.11 Å². The van der Waals surface area contributed by atoms with E-state index >= 15 is 0 Å². The molecule has 3 rings (SSSR count). The van der Waals surface area contributed by atoms with Gasteiger partial charge in [-0.1, -0.05) is 6.08 Å². The third-order valence-corrected chi connectivity index (χ3v) is 5.40. The van der Waals surface area contributed by atoms with Gasteiger partial charge in [0.1, 0.15) is 15.5 Å². The number of thioether (sulfide) groups is 1. The second kappa shape index (κ2) is 5.06. The zero-order valence-corrected chi connectivity index (χ0v) is 12.3. The first-order valence-corrected chi connectivity index (χ1v) is 7.96. The van der Waals surface area contributed by atoms with Crippen molar-refractivity contribution in [1.29, 1.82) is 0 Å². The number of allylic oxidation sites excluding steroid dienone is 1. The molecule has 7 heteroatoms. The van der Waals surface area contributed by atoms with Crippen molar-refractivity contribution < 1.29 is 9.90 Å². The number of carbonyl (C=O) groups is 1. The molecule has 0 aliphatic carbocycles. The van der Waals surface area contributed by atoms with Gasteiger partial charge in [0.15, 0.2) is 0 Å². The molecule has 0 fully saturated rings. The minimum absolute atomic E-state index is 0.187. The molecule has 104 valence electrons. The number of carboxylic acids is 1. The lowest BCUT2D eigenvalue weighted by Gasteiger charge is -2.05. The van der Waals surface area contributed by atoms with E-state index in [-0.39, 0.29) is 10.4 Å². The van der Waals surface area contributed by atoms with Gasteiger partial charge in [0.25, 0.3) is 5.56 Å². The van der Waals surface area contributed by atoms with Crippen LogP contribution >= 0.6 is 23.1 Å². The Bertz CT molecular complexity index is 776. The van der Waals surface area contributed by atoms with Gasteiger partial charge in [-0.2, -0.15) is 0 Å². The first-order valence-electron chi connectivity index (χ1n) is 6.10. The minimum Gasteiger partial charge on any atom is -0.477 e. The molecule has 0 saturated heterocycles. The Hall–Kier alpha value is -1.60. The minimum atomic E-state index is -1.01. The summed E-state index contributed by atoms with van der Waals surface area (Å²) < 4.78 is 0. The molecule has 3 heterocycles. The van der Waals surface area contributed by atoms with E-state index in [0.717, 1.165) is 17.1 Å². The molecule has 20 heavy (non-hydrogen) atoms. The SMILES string of the molecule is Cc1c(C(=O)O)sc2nc(CC3C=CSC3)[nH]c(=O)c12. The summed E-state index contributed by atoms with van der Waals surface area (Å²) in [5.41, 5.74) is 0.245. The predicted molar refractivity (Wildman–Crippen MR) is 80.7 cm³/mol. The fourth-order valence-corrected chi connectivity index (χ4v) is 4.23. The highest BCUT2D eigenvalue weighted by Crippen LogP contribution is 2.28. The van der Waals surface area contributed by atoms with Gasteiger partial charge in [0, 0.05) is 12.2 Å². The Morgan fingerprint density at radius 2 is 2.40 bits per heavy atom. The highest BCUT2D eigenvalue weighted by atomic mass is 32.2. The van der Waals surface area contributed by atoms with Crippen molar-refractivity contribution in [2.45, 2.75) is 13.3 Å². The summed E-state index contributed by atoms with van der Waals surface area (Å²) in [6, 6.07) is 0. The Kier molecular flexibility index (Phi) is 3.39. The van der Waals surface area contributed by atoms with Crippen LogP contribution in [0.3, 0.4) is 0 Å². The van der Waals surface area contributed by atoms with Gasteiger partial charge in [0.05, 0.1) is 5.39 Å². The molecule has 2 aromatic rings. The van der Waals surface area contributed by atoms with Crippen LogP contribution in [0.4, 0.5) is 0 Å². The molecule has 1 unspecified atom stereocenters. The zero-order valence-electron chi connectivity index (χ0n) is 10.7. The Labute approximate surface area is 122 Å². The van der Waals surface area contributed by atoms with Crippen LogP contribution < -0.4 is 5.56 Å². The molecule has 5 nitrogen and oxygen atoms in total. The van der Waals surface area contributed by atoms with Gasteiger partial charge in [-0.15, -0.1) is 23.1 Å². The molecular formula is C13H12N2O3S2. The van der Waals surface area contributed by atoms with Gasteiger partial charge < -0.3 is 10.1 Å². The number of aromatic nitrogens is 2. The fourth-order valence-electron chi connectivity index (χ4n) is 2.27. The van der Waals surface area contributed by atoms with Crippen LogP contribution in [-0.4, -0.2) is 26.8 Å². The van der Waals surface area contributed by atoms with Crippen LogP contribution in [0.25, 0.3) is 10.2 Å². The van der Waals surface area contributed by atoms with Crippen molar-refractivity contribution in [3.05, 3.63) is 38.1 Å². The maximum absolute atomic E-state index is 12.1. The molecule has 1 atom stereocenters. The van der Waals surface area contributed by atoms with E-state index in [0.29, 0.717) is 33.9 Å². The van der Waals surface area contributed by atoms with E-state index in [1.165, 1.54) is 0 Å². The number of nitrogens with one attached hydrogen (secondary N) is 1. The summed E-state index contributed by atoms with van der Waals surface area (Å²) in [7, 11) is 0. The standard InChI is InChI=1S/C13H12N2O3S2/c1-6-9-11(16)14-8(4-7-2-3-19-5-7)15-12(9)20-10(6)13(17)18/h2-3,7H,4-5H2,1H3,(H,17,18)(H,14,15,16). The van der Waals surface area contributed by atoms with Crippen LogP contribution in [0.5, 0.6) is 0 Å². The first-order chi connectivity index (χ1) is 9.56. The molecule has 2 aromatic heterocycles. The summed E-state index contributed by atoms with van der Waals surface area (Å²) >= 11 is 2.81. The van der Waals surface area contributed by atoms with Gasteiger partial charge in [-0.3, -0.25) is 4.79 Å². The van der Waals surface area contributed by atoms with Gasteiger partial charge >= 0.3 is 5.97 Å². The molecule has 0 bridgehead atoms. The highest BCUT2D eigenvalue weighted by Gasteiger charge is 2.19. The average molecular weight is 308 g/mol. The number of aromatic carboxylic acids is 1. The van der Waals surface area contributed by atoms with Crippen molar-refractivity contribution in [2.24, 2.45) is 5.92 Å². The summed E-state index contributed by atoms with van der Waals surface area (Å²) in [4.78, 5) is 31.1. The second-order valence-electron chi connectivity index (χ2n) is 4.68. The molecule has 0 aromatic carbocycles. The van der Waals surface area contributed by atoms with Gasteiger partial charge in [-0.25, -0.2) is 9.78 Å². The number of rotatable bonds is 3. The number of hydrogen-bond acceptors (Lipinski definition) is 5. The number of hydrogen-bond donors (Lipinski definition) is 2. The summed E-state index contributed by atoms with van der Waals surface area (Å²) in [6.45, 7) is 1.65. The quantitative estimate of drug-likeness (QED) is 0.910. The Balaban J connectivity index is 2.07. The lowest BCUT2D eigenvalue weighted by Crippen LogP contribution is -2.14. The largest absolute Gasteiger partial charge is 0.477 e. The lowest BCUT2D eigenvalue weighted by atomic mass is 10.1. The normalized spacial score (nSPS) is 17.9. The summed E-state index contributed by atoms with van der Waals surface area (Å²) in [5, 5.41) is 11.6. The molecule has 0 radical (unpaired) electrons. The van der Waals surface area contributed by atoms with Crippen LogP contribution in [-0.2, 0) is 6.42 Å². The Morgan fingerprint density at radius 1 is 1.60 bits per heavy atom. The van der Waals surface area contributed by atoms with Crippen LogP contribution in [0.2, 0.25) is 0 Å². The summed E-state index contributed by atoms with van der Waals surface area (Å²) in [6.07, 6.45) is 2.78. The van der Waals surface area contributed by atoms with E-state index in [1.54, 1.807) is 18.7 Å². The summed E-state index contributed by atoms with van der Waals surface area (Å²) in [5.74, 6) is 0.978. The van der Waals surface area contributed by atoms with Crippen molar-refractivity contribution in [2.75, 3.05) is 5.75 Å². The molecule has 0 spiro atoms. The molecule has 0 amide bonds. The number of thiophene rings is 1. The first kappa shape index (κ1) is 13.4. The second-order valence-corrected chi connectivity index (χ2v) is 6.62. The van der Waals surface area contributed by atoms with Crippen LogP contribution in [0.1, 0.15) is 21.1 Å². The number of fused-ring (bicyclic) bond motifs is 1.